The monoisotopic (exact) mass is 390 g/mol. The lowest BCUT2D eigenvalue weighted by atomic mass is 10.0. The minimum atomic E-state index is -0.942. The predicted molar refractivity (Wildman–Crippen MR) is 109 cm³/mol. The van der Waals surface area contributed by atoms with Gasteiger partial charge in [0.2, 0.25) is 5.82 Å². The smallest absolute Gasteiger partial charge is 0.201 e. The van der Waals surface area contributed by atoms with Crippen LogP contribution in [0, 0.1) is 11.6 Å². The number of aryl methyl sites for hydroxylation is 1. The first-order chi connectivity index (χ1) is 13.7. The first-order valence-corrected chi connectivity index (χ1v) is 10.1. The van der Waals surface area contributed by atoms with Crippen LogP contribution in [0.5, 0.6) is 5.75 Å². The third-order valence-corrected chi connectivity index (χ3v) is 4.62. The van der Waals surface area contributed by atoms with Crippen molar-refractivity contribution < 1.29 is 17.9 Å². The van der Waals surface area contributed by atoms with Crippen molar-refractivity contribution in [2.75, 3.05) is 13.3 Å². The van der Waals surface area contributed by atoms with Gasteiger partial charge >= 0.3 is 0 Å². The molecule has 2 aromatic rings. The molecule has 0 radical (unpaired) electrons. The molecule has 1 nitrogen and oxygen atoms in total. The van der Waals surface area contributed by atoms with Gasteiger partial charge in [-0.15, -0.1) is 0 Å². The Labute approximate surface area is 166 Å². The van der Waals surface area contributed by atoms with Crippen molar-refractivity contribution in [3.63, 3.8) is 0 Å². The van der Waals surface area contributed by atoms with E-state index in [2.05, 4.69) is 12.2 Å². The highest BCUT2D eigenvalue weighted by molar-refractivity contribution is 5.65. The van der Waals surface area contributed by atoms with E-state index in [9.17, 15) is 13.2 Å². The van der Waals surface area contributed by atoms with Crippen molar-refractivity contribution in [1.29, 1.82) is 0 Å². The Bertz CT molecular complexity index is 738. The lowest BCUT2D eigenvalue weighted by molar-refractivity contribution is 0.314. The number of halogens is 3. The predicted octanol–water partition coefficient (Wildman–Crippen LogP) is 7.44. The molecule has 0 fully saturated rings. The molecule has 2 aromatic carbocycles. The van der Waals surface area contributed by atoms with Gasteiger partial charge in [-0.05, 0) is 68.7 Å². The van der Waals surface area contributed by atoms with Gasteiger partial charge in [0, 0.05) is 5.56 Å². The highest BCUT2D eigenvalue weighted by Gasteiger charge is 2.15. The molecule has 2 rings (SSSR count). The van der Waals surface area contributed by atoms with Crippen LogP contribution in [0.1, 0.15) is 51.0 Å². The van der Waals surface area contributed by atoms with Crippen LogP contribution in [0.3, 0.4) is 0 Å². The topological polar surface area (TPSA) is 9.23 Å². The Morgan fingerprint density at radius 3 is 2.21 bits per heavy atom. The fraction of sp³-hybridized carbons (Fsp3) is 0.417. The van der Waals surface area contributed by atoms with Crippen molar-refractivity contribution in [3.05, 3.63) is 65.7 Å². The van der Waals surface area contributed by atoms with Crippen LogP contribution in [-0.4, -0.2) is 13.3 Å². The quantitative estimate of drug-likeness (QED) is 0.270. The minimum Gasteiger partial charge on any atom is -0.491 e. The molecule has 0 atom stereocenters. The number of alkyl halides is 1. The summed E-state index contributed by atoms with van der Waals surface area (Å²) in [4.78, 5) is 0. The largest absolute Gasteiger partial charge is 0.491 e. The fourth-order valence-electron chi connectivity index (χ4n) is 3.07. The van der Waals surface area contributed by atoms with Gasteiger partial charge in [0.05, 0.1) is 13.3 Å². The zero-order valence-electron chi connectivity index (χ0n) is 16.5. The Morgan fingerprint density at radius 2 is 1.54 bits per heavy atom. The van der Waals surface area contributed by atoms with Gasteiger partial charge in [-0.25, -0.2) is 4.39 Å². The maximum absolute atomic E-state index is 14.3. The Balaban J connectivity index is 1.82. The van der Waals surface area contributed by atoms with E-state index in [4.69, 9.17) is 4.74 Å². The van der Waals surface area contributed by atoms with Gasteiger partial charge in [-0.3, -0.25) is 4.39 Å². The molecule has 0 saturated carbocycles. The number of rotatable bonds is 12. The van der Waals surface area contributed by atoms with E-state index in [1.54, 1.807) is 13.0 Å². The lowest BCUT2D eigenvalue weighted by Gasteiger charge is -2.10. The minimum absolute atomic E-state index is 0.0578. The summed E-state index contributed by atoms with van der Waals surface area (Å²) in [6.07, 6.45) is 11.0. The van der Waals surface area contributed by atoms with Crippen LogP contribution < -0.4 is 4.74 Å². The highest BCUT2D eigenvalue weighted by Crippen LogP contribution is 2.30. The van der Waals surface area contributed by atoms with Gasteiger partial charge in [-0.1, -0.05) is 42.8 Å². The number of benzene rings is 2. The summed E-state index contributed by atoms with van der Waals surface area (Å²) < 4.78 is 45.4. The zero-order chi connectivity index (χ0) is 20.2. The molecule has 0 amide bonds. The number of hydrogen-bond donors (Lipinski definition) is 0. The summed E-state index contributed by atoms with van der Waals surface area (Å²) >= 11 is 0. The number of ether oxygens (including phenoxy) is 1. The van der Waals surface area contributed by atoms with Crippen molar-refractivity contribution >= 4 is 0 Å². The zero-order valence-corrected chi connectivity index (χ0v) is 16.5. The van der Waals surface area contributed by atoms with E-state index in [1.165, 1.54) is 11.6 Å². The van der Waals surface area contributed by atoms with Crippen LogP contribution in [0.25, 0.3) is 11.1 Å². The molecule has 152 valence electrons. The molecule has 0 bridgehead atoms. The molecule has 0 saturated heterocycles. The summed E-state index contributed by atoms with van der Waals surface area (Å²) in [5.74, 6) is -1.88. The second-order valence-corrected chi connectivity index (χ2v) is 6.77. The Hall–Kier alpha value is -2.23. The van der Waals surface area contributed by atoms with Gasteiger partial charge in [0.15, 0.2) is 11.6 Å². The molecule has 0 unspecified atom stereocenters. The summed E-state index contributed by atoms with van der Waals surface area (Å²) in [6.45, 7) is 1.78. The van der Waals surface area contributed by atoms with E-state index in [-0.39, 0.29) is 18.0 Å². The van der Waals surface area contributed by atoms with Crippen molar-refractivity contribution in [1.82, 2.24) is 0 Å². The summed E-state index contributed by atoms with van der Waals surface area (Å²) in [5.41, 5.74) is 2.09. The van der Waals surface area contributed by atoms with E-state index in [0.717, 1.165) is 38.5 Å². The molecule has 28 heavy (non-hydrogen) atoms. The summed E-state index contributed by atoms with van der Waals surface area (Å²) in [5, 5.41) is 0. The number of hydrogen-bond acceptors (Lipinski definition) is 1. The number of allylic oxidation sites excluding steroid dienone is 2. The van der Waals surface area contributed by atoms with E-state index in [1.807, 2.05) is 24.3 Å². The maximum atomic E-state index is 14.3. The van der Waals surface area contributed by atoms with Gasteiger partial charge < -0.3 is 4.74 Å². The molecule has 0 aliphatic carbocycles. The first kappa shape index (κ1) is 22.1. The van der Waals surface area contributed by atoms with Crippen LogP contribution in [0.4, 0.5) is 13.2 Å². The summed E-state index contributed by atoms with van der Waals surface area (Å²) in [6, 6.07) is 10.6. The lowest BCUT2D eigenvalue weighted by Crippen LogP contribution is -1.98. The fourth-order valence-corrected chi connectivity index (χ4v) is 3.07. The average Bonchev–Trinajstić information content (AvgIpc) is 2.71. The van der Waals surface area contributed by atoms with Crippen molar-refractivity contribution in [2.24, 2.45) is 0 Å². The highest BCUT2D eigenvalue weighted by atomic mass is 19.2. The standard InChI is InChI=1S/C24H29F3O/c1-2-28-22-17-16-21(23(26)24(22)27)20-14-12-19(13-15-20)11-9-7-5-3-4-6-8-10-18-25/h4,6,12-17H,2-3,5,7-11,18H2,1H3/b6-4-. The number of unbranched alkanes of at least 4 members (excludes halogenated alkanes) is 4. The first-order valence-electron chi connectivity index (χ1n) is 10.1. The van der Waals surface area contributed by atoms with Gasteiger partial charge in [0.1, 0.15) is 0 Å². The van der Waals surface area contributed by atoms with E-state index >= 15 is 0 Å². The van der Waals surface area contributed by atoms with Crippen LogP contribution in [-0.2, 0) is 6.42 Å². The van der Waals surface area contributed by atoms with Gasteiger partial charge in [-0.2, -0.15) is 4.39 Å². The van der Waals surface area contributed by atoms with Crippen LogP contribution in [0.15, 0.2) is 48.6 Å². The third-order valence-electron chi connectivity index (χ3n) is 4.62. The molecular formula is C24H29F3O. The van der Waals surface area contributed by atoms with E-state index in [0.29, 0.717) is 18.6 Å². The molecule has 0 heterocycles. The average molecular weight is 390 g/mol. The molecule has 0 N–H and O–H groups in total. The normalized spacial score (nSPS) is 11.3. The molecule has 0 aliphatic heterocycles. The third kappa shape index (κ3) is 6.74. The van der Waals surface area contributed by atoms with Crippen molar-refractivity contribution in [3.8, 4) is 16.9 Å². The molecule has 0 aliphatic rings. The van der Waals surface area contributed by atoms with E-state index < -0.39 is 11.6 Å². The summed E-state index contributed by atoms with van der Waals surface area (Å²) in [7, 11) is 0. The SMILES string of the molecule is CCOc1ccc(-c2ccc(CCCCC/C=C\CCCF)cc2)c(F)c1F. The van der Waals surface area contributed by atoms with Crippen molar-refractivity contribution in [2.45, 2.75) is 51.9 Å². The molecule has 4 heteroatoms. The Morgan fingerprint density at radius 1 is 0.821 bits per heavy atom. The second-order valence-electron chi connectivity index (χ2n) is 6.77. The van der Waals surface area contributed by atoms with Crippen LogP contribution in [0.2, 0.25) is 0 Å². The molecular weight excluding hydrogens is 361 g/mol. The maximum Gasteiger partial charge on any atom is 0.201 e. The van der Waals surface area contributed by atoms with Gasteiger partial charge in [0.25, 0.3) is 0 Å². The molecule has 0 spiro atoms. The second kappa shape index (κ2) is 12.3. The van der Waals surface area contributed by atoms with Crippen LogP contribution >= 0.6 is 0 Å². The molecule has 0 aromatic heterocycles. The Kier molecular flexibility index (Phi) is 9.67.